The molecule has 0 radical (unpaired) electrons. The van der Waals surface area contributed by atoms with Crippen molar-refractivity contribution in [3.8, 4) is 0 Å². The molecule has 0 spiro atoms. The highest BCUT2D eigenvalue weighted by Crippen LogP contribution is 2.29. The van der Waals surface area contributed by atoms with E-state index in [4.69, 9.17) is 17.3 Å². The Kier molecular flexibility index (Phi) is 4.65. The van der Waals surface area contributed by atoms with Crippen LogP contribution in [0, 0.1) is 11.6 Å². The number of aliphatic hydroxyl groups excluding tert-OH is 1. The summed E-state index contributed by atoms with van der Waals surface area (Å²) in [4.78, 5) is 0. The summed E-state index contributed by atoms with van der Waals surface area (Å²) in [6.07, 6.45) is 0.176. The second kappa shape index (κ2) is 5.57. The van der Waals surface area contributed by atoms with Gasteiger partial charge in [-0.3, -0.25) is 0 Å². The van der Waals surface area contributed by atoms with Crippen molar-refractivity contribution in [2.24, 2.45) is 5.73 Å². The molecule has 90 valence electrons. The van der Waals surface area contributed by atoms with Gasteiger partial charge in [0.05, 0.1) is 17.2 Å². The summed E-state index contributed by atoms with van der Waals surface area (Å²) in [6, 6.07) is 0.873. The third-order valence-corrected chi connectivity index (χ3v) is 2.80. The number of rotatable bonds is 4. The van der Waals surface area contributed by atoms with Crippen LogP contribution in [0.15, 0.2) is 12.1 Å². The summed E-state index contributed by atoms with van der Waals surface area (Å²) >= 11 is 5.63. The van der Waals surface area contributed by atoms with Gasteiger partial charge in [0.25, 0.3) is 0 Å². The molecule has 0 amide bonds. The predicted molar refractivity (Wildman–Crippen MR) is 59.2 cm³/mol. The zero-order valence-corrected chi connectivity index (χ0v) is 9.64. The van der Waals surface area contributed by atoms with E-state index in [0.717, 1.165) is 12.1 Å². The average Bonchev–Trinajstić information content (AvgIpc) is 2.24. The van der Waals surface area contributed by atoms with Crippen molar-refractivity contribution in [3.05, 3.63) is 34.4 Å². The summed E-state index contributed by atoms with van der Waals surface area (Å²) in [5.41, 5.74) is 5.49. The minimum atomic E-state index is -1.01. The molecule has 0 saturated heterocycles. The molecule has 1 rings (SSSR count). The first kappa shape index (κ1) is 13.4. The second-order valence-electron chi connectivity index (χ2n) is 3.64. The highest BCUT2D eigenvalue weighted by molar-refractivity contribution is 6.31. The summed E-state index contributed by atoms with van der Waals surface area (Å²) in [5.74, 6) is -1.44. The lowest BCUT2D eigenvalue weighted by Crippen LogP contribution is -2.27. The number of hydrogen-bond donors (Lipinski definition) is 2. The summed E-state index contributed by atoms with van der Waals surface area (Å²) < 4.78 is 26.6. The topological polar surface area (TPSA) is 46.2 Å². The molecule has 0 bridgehead atoms. The fourth-order valence-electron chi connectivity index (χ4n) is 1.52. The maximum Gasteiger partial charge on any atom is 0.142 e. The molecule has 0 saturated carbocycles. The van der Waals surface area contributed by atoms with Crippen LogP contribution >= 0.6 is 11.6 Å². The van der Waals surface area contributed by atoms with E-state index in [2.05, 4.69) is 0 Å². The fraction of sp³-hybridized carbons (Fsp3) is 0.455. The maximum atomic E-state index is 13.4. The first-order chi connectivity index (χ1) is 7.49. The Bertz CT molecular complexity index is 373. The fourth-order valence-corrected chi connectivity index (χ4v) is 1.80. The molecule has 0 heterocycles. The van der Waals surface area contributed by atoms with Crippen molar-refractivity contribution in [2.75, 3.05) is 0 Å². The third-order valence-electron chi connectivity index (χ3n) is 2.41. The van der Waals surface area contributed by atoms with Crippen LogP contribution in [0.25, 0.3) is 0 Å². The third kappa shape index (κ3) is 2.70. The van der Waals surface area contributed by atoms with Crippen LogP contribution in [-0.4, -0.2) is 11.2 Å². The minimum Gasteiger partial charge on any atom is -0.391 e. The highest BCUT2D eigenvalue weighted by Gasteiger charge is 2.23. The van der Waals surface area contributed by atoms with Crippen LogP contribution in [0.1, 0.15) is 31.4 Å². The van der Waals surface area contributed by atoms with Crippen molar-refractivity contribution < 1.29 is 13.9 Å². The first-order valence-corrected chi connectivity index (χ1v) is 5.43. The lowest BCUT2D eigenvalue weighted by Gasteiger charge is -2.20. The van der Waals surface area contributed by atoms with E-state index in [0.29, 0.717) is 12.8 Å². The van der Waals surface area contributed by atoms with Gasteiger partial charge in [0.1, 0.15) is 11.6 Å². The van der Waals surface area contributed by atoms with Gasteiger partial charge in [-0.1, -0.05) is 24.9 Å². The minimum absolute atomic E-state index is 0.164. The Labute approximate surface area is 98.0 Å². The molecule has 0 fully saturated rings. The summed E-state index contributed by atoms with van der Waals surface area (Å²) in [7, 11) is 0. The Morgan fingerprint density at radius 3 is 2.50 bits per heavy atom. The normalized spacial score (nSPS) is 14.9. The lowest BCUT2D eigenvalue weighted by molar-refractivity contribution is 0.132. The van der Waals surface area contributed by atoms with Crippen molar-refractivity contribution in [1.82, 2.24) is 0 Å². The van der Waals surface area contributed by atoms with E-state index in [1.165, 1.54) is 0 Å². The van der Waals surface area contributed by atoms with Gasteiger partial charge in [0.15, 0.2) is 0 Å². The standard InChI is InChI=1S/C11H14ClF2NO/c1-2-3-8(16)11(15)9-6(13)4-5-7(14)10(9)12/h4-5,8,11,16H,2-3,15H2,1H3/t8-,11-/m1/s1. The second-order valence-corrected chi connectivity index (χ2v) is 4.02. The van der Waals surface area contributed by atoms with Gasteiger partial charge in [-0.05, 0) is 18.6 Å². The molecule has 3 N–H and O–H groups in total. The number of hydrogen-bond acceptors (Lipinski definition) is 2. The number of halogens is 3. The molecule has 1 aromatic carbocycles. The number of nitrogens with two attached hydrogens (primary N) is 1. The SMILES string of the molecule is CCC[C@@H](O)[C@@H](N)c1c(F)ccc(F)c1Cl. The quantitative estimate of drug-likeness (QED) is 0.806. The van der Waals surface area contributed by atoms with Crippen molar-refractivity contribution in [2.45, 2.75) is 31.9 Å². The van der Waals surface area contributed by atoms with E-state index in [1.54, 1.807) is 0 Å². The summed E-state index contributed by atoms with van der Waals surface area (Å²) in [6.45, 7) is 1.86. The number of benzene rings is 1. The van der Waals surface area contributed by atoms with Crippen LogP contribution in [0.3, 0.4) is 0 Å². The van der Waals surface area contributed by atoms with Gasteiger partial charge in [-0.15, -0.1) is 0 Å². The smallest absolute Gasteiger partial charge is 0.142 e. The van der Waals surface area contributed by atoms with Gasteiger partial charge in [-0.25, -0.2) is 8.78 Å². The molecule has 1 aromatic rings. The first-order valence-electron chi connectivity index (χ1n) is 5.06. The average molecular weight is 250 g/mol. The molecule has 0 unspecified atom stereocenters. The van der Waals surface area contributed by atoms with Crippen LogP contribution in [0.5, 0.6) is 0 Å². The van der Waals surface area contributed by atoms with Gasteiger partial charge in [0, 0.05) is 5.56 Å². The van der Waals surface area contributed by atoms with E-state index in [9.17, 15) is 13.9 Å². The van der Waals surface area contributed by atoms with Crippen LogP contribution in [0.2, 0.25) is 5.02 Å². The molecule has 0 aromatic heterocycles. The predicted octanol–water partition coefficient (Wildman–Crippen LogP) is 2.78. The molecule has 5 heteroatoms. The monoisotopic (exact) mass is 249 g/mol. The Morgan fingerprint density at radius 1 is 1.38 bits per heavy atom. The molecular weight excluding hydrogens is 236 g/mol. The van der Waals surface area contributed by atoms with Crippen LogP contribution in [-0.2, 0) is 0 Å². The van der Waals surface area contributed by atoms with Gasteiger partial charge in [0.2, 0.25) is 0 Å². The maximum absolute atomic E-state index is 13.4. The van der Waals surface area contributed by atoms with E-state index < -0.39 is 23.8 Å². The summed E-state index contributed by atoms with van der Waals surface area (Å²) in [5, 5.41) is 9.28. The molecular formula is C11H14ClF2NO. The largest absolute Gasteiger partial charge is 0.391 e. The van der Waals surface area contributed by atoms with E-state index >= 15 is 0 Å². The Balaban J connectivity index is 3.07. The number of aliphatic hydroxyl groups is 1. The van der Waals surface area contributed by atoms with Gasteiger partial charge in [-0.2, -0.15) is 0 Å². The van der Waals surface area contributed by atoms with E-state index in [1.807, 2.05) is 6.92 Å². The molecule has 0 aliphatic heterocycles. The van der Waals surface area contributed by atoms with Crippen molar-refractivity contribution >= 4 is 11.6 Å². The molecule has 2 atom stereocenters. The highest BCUT2D eigenvalue weighted by atomic mass is 35.5. The molecule has 0 aliphatic carbocycles. The van der Waals surface area contributed by atoms with Crippen molar-refractivity contribution in [1.29, 1.82) is 0 Å². The van der Waals surface area contributed by atoms with Crippen molar-refractivity contribution in [3.63, 3.8) is 0 Å². The molecule has 2 nitrogen and oxygen atoms in total. The molecule has 0 aliphatic rings. The Morgan fingerprint density at radius 2 is 1.94 bits per heavy atom. The van der Waals surface area contributed by atoms with Gasteiger partial charge >= 0.3 is 0 Å². The van der Waals surface area contributed by atoms with Crippen LogP contribution < -0.4 is 5.73 Å². The van der Waals surface area contributed by atoms with E-state index in [-0.39, 0.29) is 10.6 Å². The van der Waals surface area contributed by atoms with Crippen LogP contribution in [0.4, 0.5) is 8.78 Å². The van der Waals surface area contributed by atoms with Gasteiger partial charge < -0.3 is 10.8 Å². The zero-order chi connectivity index (χ0) is 12.3. The Hall–Kier alpha value is -0.710. The lowest BCUT2D eigenvalue weighted by atomic mass is 9.98. The zero-order valence-electron chi connectivity index (χ0n) is 8.88. The molecule has 16 heavy (non-hydrogen) atoms.